The smallest absolute Gasteiger partial charge is 0.292 e. The van der Waals surface area contributed by atoms with Crippen molar-refractivity contribution in [1.29, 1.82) is 0 Å². The number of carbonyl (C=O) groups is 1. The molecule has 132 valence electrons. The van der Waals surface area contributed by atoms with E-state index < -0.39 is 0 Å². The molecule has 1 aromatic carbocycles. The zero-order chi connectivity index (χ0) is 18.3. The second kappa shape index (κ2) is 6.66. The van der Waals surface area contributed by atoms with Gasteiger partial charge in [0.25, 0.3) is 5.91 Å². The Labute approximate surface area is 159 Å². The maximum atomic E-state index is 13.0. The lowest BCUT2D eigenvalue weighted by molar-refractivity contribution is 0.0588. The van der Waals surface area contributed by atoms with E-state index in [-0.39, 0.29) is 17.8 Å². The van der Waals surface area contributed by atoms with Crippen molar-refractivity contribution in [3.63, 3.8) is 0 Å². The summed E-state index contributed by atoms with van der Waals surface area (Å²) in [6.07, 6.45) is 4.77. The molecule has 0 bridgehead atoms. The average molecular weight is 389 g/mol. The molecular formula is C17H14Cl2N6O. The molecule has 1 aliphatic rings. The van der Waals surface area contributed by atoms with Crippen molar-refractivity contribution in [2.24, 2.45) is 0 Å². The lowest BCUT2D eigenvalue weighted by Gasteiger charge is -2.34. The van der Waals surface area contributed by atoms with Gasteiger partial charge in [0.15, 0.2) is 5.82 Å². The van der Waals surface area contributed by atoms with E-state index >= 15 is 0 Å². The van der Waals surface area contributed by atoms with Gasteiger partial charge in [-0.25, -0.2) is 4.98 Å². The van der Waals surface area contributed by atoms with Gasteiger partial charge in [0.1, 0.15) is 5.69 Å². The van der Waals surface area contributed by atoms with E-state index in [2.05, 4.69) is 20.2 Å². The number of rotatable bonds is 3. The van der Waals surface area contributed by atoms with Crippen LogP contribution < -0.4 is 0 Å². The van der Waals surface area contributed by atoms with E-state index in [0.717, 1.165) is 5.56 Å². The van der Waals surface area contributed by atoms with E-state index in [1.165, 1.54) is 0 Å². The summed E-state index contributed by atoms with van der Waals surface area (Å²) < 4.78 is 1.78. The summed E-state index contributed by atoms with van der Waals surface area (Å²) in [5.41, 5.74) is 1.37. The van der Waals surface area contributed by atoms with E-state index in [1.807, 2.05) is 19.1 Å². The molecule has 7 nitrogen and oxygen atoms in total. The summed E-state index contributed by atoms with van der Waals surface area (Å²) in [7, 11) is 0. The van der Waals surface area contributed by atoms with Gasteiger partial charge < -0.3 is 4.90 Å². The highest BCUT2D eigenvalue weighted by molar-refractivity contribution is 6.42. The lowest BCUT2D eigenvalue weighted by Crippen LogP contribution is -2.46. The monoisotopic (exact) mass is 388 g/mol. The van der Waals surface area contributed by atoms with E-state index in [9.17, 15) is 4.79 Å². The first-order valence-corrected chi connectivity index (χ1v) is 8.75. The summed E-state index contributed by atoms with van der Waals surface area (Å²) in [4.78, 5) is 23.0. The highest BCUT2D eigenvalue weighted by Crippen LogP contribution is 2.29. The number of hydrogen-bond donors (Lipinski definition) is 0. The van der Waals surface area contributed by atoms with Crippen LogP contribution in [0.15, 0.2) is 36.8 Å². The summed E-state index contributed by atoms with van der Waals surface area (Å²) in [5, 5.41) is 9.14. The van der Waals surface area contributed by atoms with Gasteiger partial charge in [0.2, 0.25) is 5.82 Å². The molecule has 1 atom stereocenters. The Morgan fingerprint density at radius 1 is 1.19 bits per heavy atom. The van der Waals surface area contributed by atoms with Crippen molar-refractivity contribution < 1.29 is 4.79 Å². The van der Waals surface area contributed by atoms with Crippen LogP contribution in [-0.2, 0) is 13.1 Å². The fourth-order valence-electron chi connectivity index (χ4n) is 3.01. The fraction of sp³-hybridized carbons (Fsp3) is 0.235. The predicted octanol–water partition coefficient (Wildman–Crippen LogP) is 3.09. The highest BCUT2D eigenvalue weighted by Gasteiger charge is 2.34. The summed E-state index contributed by atoms with van der Waals surface area (Å²) in [6.45, 7) is 2.88. The molecule has 0 saturated heterocycles. The van der Waals surface area contributed by atoms with Gasteiger partial charge in [-0.2, -0.15) is 0 Å². The quantitative estimate of drug-likeness (QED) is 0.688. The van der Waals surface area contributed by atoms with Crippen LogP contribution in [0.1, 0.15) is 23.1 Å². The molecule has 2 aromatic heterocycles. The Balaban J connectivity index is 1.67. The fourth-order valence-corrected chi connectivity index (χ4v) is 3.39. The van der Waals surface area contributed by atoms with Crippen LogP contribution in [0.2, 0.25) is 10.0 Å². The zero-order valence-electron chi connectivity index (χ0n) is 13.8. The van der Waals surface area contributed by atoms with Crippen LogP contribution in [0.3, 0.4) is 0 Å². The number of carbonyl (C=O) groups excluding carboxylic acids is 1. The lowest BCUT2D eigenvalue weighted by atomic mass is 10.1. The first-order chi connectivity index (χ1) is 12.6. The molecule has 0 unspecified atom stereocenters. The Bertz CT molecular complexity index is 975. The van der Waals surface area contributed by atoms with Crippen LogP contribution in [0.25, 0.3) is 11.5 Å². The molecule has 0 aliphatic carbocycles. The minimum absolute atomic E-state index is 0.0727. The Morgan fingerprint density at radius 2 is 2.00 bits per heavy atom. The van der Waals surface area contributed by atoms with Crippen LogP contribution in [-0.4, -0.2) is 41.6 Å². The maximum absolute atomic E-state index is 13.0. The van der Waals surface area contributed by atoms with Gasteiger partial charge in [-0.15, -0.1) is 10.2 Å². The number of benzene rings is 1. The minimum Gasteiger partial charge on any atom is -0.327 e. The summed E-state index contributed by atoms with van der Waals surface area (Å²) in [5.74, 6) is 0.609. The van der Waals surface area contributed by atoms with Crippen LogP contribution in [0.4, 0.5) is 0 Å². The molecule has 1 aliphatic heterocycles. The second-order valence-electron chi connectivity index (χ2n) is 6.04. The van der Waals surface area contributed by atoms with Crippen LogP contribution in [0, 0.1) is 0 Å². The van der Waals surface area contributed by atoms with Gasteiger partial charge in [-0.05, 0) is 18.6 Å². The van der Waals surface area contributed by atoms with E-state index in [1.54, 1.807) is 34.1 Å². The van der Waals surface area contributed by atoms with Gasteiger partial charge in [0.05, 0.1) is 16.2 Å². The largest absolute Gasteiger partial charge is 0.327 e. The summed E-state index contributed by atoms with van der Waals surface area (Å²) in [6, 6.07) is 5.32. The third-order valence-corrected chi connectivity index (χ3v) is 5.20. The Kier molecular flexibility index (Phi) is 4.34. The zero-order valence-corrected chi connectivity index (χ0v) is 15.3. The second-order valence-corrected chi connectivity index (χ2v) is 6.83. The number of aromatic nitrogens is 5. The molecule has 0 spiro atoms. The van der Waals surface area contributed by atoms with Crippen LogP contribution in [0.5, 0.6) is 0 Å². The highest BCUT2D eigenvalue weighted by atomic mass is 35.5. The van der Waals surface area contributed by atoms with Crippen molar-refractivity contribution in [1.82, 2.24) is 29.6 Å². The number of fused-ring (bicyclic) bond motifs is 1. The van der Waals surface area contributed by atoms with Crippen molar-refractivity contribution in [2.45, 2.75) is 26.1 Å². The maximum Gasteiger partial charge on any atom is 0.292 e. The number of hydrogen-bond acceptors (Lipinski definition) is 5. The van der Waals surface area contributed by atoms with Gasteiger partial charge in [-0.3, -0.25) is 14.3 Å². The molecule has 3 heterocycles. The third kappa shape index (κ3) is 2.83. The first-order valence-electron chi connectivity index (χ1n) is 7.99. The SMILES string of the molecule is C[C@@H]1Cn2c(nnc2-c2cnccn2)C(=O)N1Cc1cccc(Cl)c1Cl. The van der Waals surface area contributed by atoms with Crippen molar-refractivity contribution in [3.8, 4) is 11.5 Å². The molecule has 0 saturated carbocycles. The number of amides is 1. The predicted molar refractivity (Wildman–Crippen MR) is 96.8 cm³/mol. The molecule has 1 amide bonds. The van der Waals surface area contributed by atoms with Crippen molar-refractivity contribution in [3.05, 3.63) is 58.2 Å². The van der Waals surface area contributed by atoms with Gasteiger partial charge in [0, 0.05) is 31.5 Å². The average Bonchev–Trinajstić information content (AvgIpc) is 3.06. The molecule has 9 heteroatoms. The Hall–Kier alpha value is -2.51. The minimum atomic E-state index is -0.206. The topological polar surface area (TPSA) is 76.8 Å². The normalized spacial score (nSPS) is 16.7. The van der Waals surface area contributed by atoms with E-state index in [4.69, 9.17) is 23.2 Å². The third-order valence-electron chi connectivity index (χ3n) is 4.35. The standard InChI is InChI=1S/C17H14Cl2N6O/c1-10-8-25-15(13-7-20-5-6-21-13)22-23-16(25)17(26)24(10)9-11-3-2-4-12(18)14(11)19/h2-7,10H,8-9H2,1H3/t10-/m1/s1. The van der Waals surface area contributed by atoms with Crippen LogP contribution >= 0.6 is 23.2 Å². The van der Waals surface area contributed by atoms with Gasteiger partial charge >= 0.3 is 0 Å². The molecule has 0 radical (unpaired) electrons. The molecule has 4 rings (SSSR count). The number of nitrogens with zero attached hydrogens (tertiary/aromatic N) is 6. The van der Waals surface area contributed by atoms with Crippen molar-refractivity contribution in [2.75, 3.05) is 0 Å². The molecular weight excluding hydrogens is 375 g/mol. The first kappa shape index (κ1) is 16.9. The number of halogens is 2. The van der Waals surface area contributed by atoms with Crippen molar-refractivity contribution >= 4 is 29.1 Å². The molecule has 0 N–H and O–H groups in total. The summed E-state index contributed by atoms with van der Waals surface area (Å²) >= 11 is 12.4. The van der Waals surface area contributed by atoms with Gasteiger partial charge in [-0.1, -0.05) is 35.3 Å². The van der Waals surface area contributed by atoms with E-state index in [0.29, 0.717) is 34.7 Å². The Morgan fingerprint density at radius 3 is 2.77 bits per heavy atom. The molecule has 26 heavy (non-hydrogen) atoms. The molecule has 0 fully saturated rings. The molecule has 3 aromatic rings.